The first kappa shape index (κ1) is 18.0. The largest absolute Gasteiger partial charge is 0.356 e. The van der Waals surface area contributed by atoms with Crippen molar-refractivity contribution in [1.82, 2.24) is 10.2 Å². The second kappa shape index (κ2) is 8.50. The number of nitrogens with one attached hydrogen (secondary N) is 1. The molecule has 136 valence electrons. The molecule has 1 unspecified atom stereocenters. The predicted octanol–water partition coefficient (Wildman–Crippen LogP) is 3.43. The number of nitrogens with zero attached hydrogens (tertiary/aromatic N) is 1. The number of hydrogen-bond donors (Lipinski definition) is 1. The third-order valence-corrected chi connectivity index (χ3v) is 5.64. The van der Waals surface area contributed by atoms with Crippen molar-refractivity contribution in [2.24, 2.45) is 11.8 Å². The maximum absolute atomic E-state index is 12.3. The zero-order valence-electron chi connectivity index (χ0n) is 15.3. The second-order valence-electron chi connectivity index (χ2n) is 7.74. The zero-order chi connectivity index (χ0) is 17.6. The van der Waals surface area contributed by atoms with Crippen molar-refractivity contribution in [3.05, 3.63) is 35.4 Å². The van der Waals surface area contributed by atoms with Crippen LogP contribution in [0.25, 0.3) is 0 Å². The average molecular weight is 342 g/mol. The summed E-state index contributed by atoms with van der Waals surface area (Å²) in [5.74, 6) is 0.817. The van der Waals surface area contributed by atoms with Gasteiger partial charge in [-0.3, -0.25) is 9.59 Å². The van der Waals surface area contributed by atoms with Crippen LogP contribution in [-0.4, -0.2) is 29.8 Å². The Morgan fingerprint density at radius 1 is 1.20 bits per heavy atom. The van der Waals surface area contributed by atoms with Crippen LogP contribution in [0.2, 0.25) is 0 Å². The molecular formula is C21H30N2O2. The molecule has 0 bridgehead atoms. The van der Waals surface area contributed by atoms with Gasteiger partial charge >= 0.3 is 0 Å². The van der Waals surface area contributed by atoms with E-state index >= 15 is 0 Å². The summed E-state index contributed by atoms with van der Waals surface area (Å²) in [5.41, 5.74) is 2.34. The lowest BCUT2D eigenvalue weighted by molar-refractivity contribution is -0.129. The Kier molecular flexibility index (Phi) is 6.11. The van der Waals surface area contributed by atoms with Crippen LogP contribution in [0.5, 0.6) is 0 Å². The van der Waals surface area contributed by atoms with Crippen LogP contribution in [0, 0.1) is 18.8 Å². The van der Waals surface area contributed by atoms with E-state index in [9.17, 15) is 9.59 Å². The van der Waals surface area contributed by atoms with Gasteiger partial charge in [-0.05, 0) is 31.2 Å². The van der Waals surface area contributed by atoms with Gasteiger partial charge in [-0.1, -0.05) is 55.5 Å². The van der Waals surface area contributed by atoms with Gasteiger partial charge in [-0.2, -0.15) is 0 Å². The molecule has 4 nitrogen and oxygen atoms in total. The van der Waals surface area contributed by atoms with Gasteiger partial charge < -0.3 is 10.2 Å². The maximum atomic E-state index is 12.3. The fourth-order valence-corrected chi connectivity index (χ4v) is 4.06. The van der Waals surface area contributed by atoms with Crippen LogP contribution in [0.3, 0.4) is 0 Å². The van der Waals surface area contributed by atoms with Crippen molar-refractivity contribution < 1.29 is 9.59 Å². The van der Waals surface area contributed by atoms with E-state index in [-0.39, 0.29) is 17.7 Å². The molecule has 0 radical (unpaired) electrons. The summed E-state index contributed by atoms with van der Waals surface area (Å²) in [6.07, 6.45) is 8.10. The Balaban J connectivity index is 1.40. The molecule has 1 aliphatic heterocycles. The average Bonchev–Trinajstić information content (AvgIpc) is 3.24. The monoisotopic (exact) mass is 342 g/mol. The van der Waals surface area contributed by atoms with Crippen molar-refractivity contribution in [2.75, 3.05) is 13.1 Å². The van der Waals surface area contributed by atoms with Gasteiger partial charge in [-0.25, -0.2) is 0 Å². The smallest absolute Gasteiger partial charge is 0.225 e. The third-order valence-electron chi connectivity index (χ3n) is 5.64. The van der Waals surface area contributed by atoms with E-state index in [1.807, 2.05) is 4.90 Å². The fourth-order valence-electron chi connectivity index (χ4n) is 4.06. The number of carbonyl (C=O) groups is 2. The molecular weight excluding hydrogens is 312 g/mol. The number of rotatable bonds is 7. The van der Waals surface area contributed by atoms with Crippen LogP contribution in [0.15, 0.2) is 24.3 Å². The number of hydrogen-bond acceptors (Lipinski definition) is 2. The Labute approximate surface area is 151 Å². The molecule has 1 heterocycles. The summed E-state index contributed by atoms with van der Waals surface area (Å²) >= 11 is 0. The number of aryl methyl sites for hydroxylation is 1. The topological polar surface area (TPSA) is 49.4 Å². The van der Waals surface area contributed by atoms with E-state index in [0.29, 0.717) is 19.5 Å². The van der Waals surface area contributed by atoms with Crippen LogP contribution < -0.4 is 5.32 Å². The molecule has 1 saturated carbocycles. The van der Waals surface area contributed by atoms with Crippen molar-refractivity contribution in [1.29, 1.82) is 0 Å². The second-order valence-corrected chi connectivity index (χ2v) is 7.74. The van der Waals surface area contributed by atoms with E-state index < -0.39 is 0 Å². The first-order valence-electron chi connectivity index (χ1n) is 9.73. The molecule has 25 heavy (non-hydrogen) atoms. The minimum absolute atomic E-state index is 0.0474. The number of carbonyl (C=O) groups excluding carboxylic acids is 2. The summed E-state index contributed by atoms with van der Waals surface area (Å²) in [7, 11) is 0. The third kappa shape index (κ3) is 5.07. The predicted molar refractivity (Wildman–Crippen MR) is 98.9 cm³/mol. The van der Waals surface area contributed by atoms with Crippen molar-refractivity contribution in [3.8, 4) is 0 Å². The van der Waals surface area contributed by atoms with E-state index in [1.165, 1.54) is 37.7 Å². The summed E-state index contributed by atoms with van der Waals surface area (Å²) in [6, 6.07) is 8.23. The van der Waals surface area contributed by atoms with Gasteiger partial charge in [-0.15, -0.1) is 0 Å². The molecule has 1 atom stereocenters. The number of benzene rings is 1. The summed E-state index contributed by atoms with van der Waals surface area (Å²) < 4.78 is 0. The Hall–Kier alpha value is -1.84. The minimum atomic E-state index is -0.190. The van der Waals surface area contributed by atoms with Crippen molar-refractivity contribution in [2.45, 2.75) is 58.4 Å². The van der Waals surface area contributed by atoms with Gasteiger partial charge in [0.1, 0.15) is 0 Å². The first-order chi connectivity index (χ1) is 12.1. The standard InChI is InChI=1S/C21H30N2O2/c1-16-8-10-18(11-9-16)14-23-15-19(13-20(23)24)21(25)22-12-4-7-17-5-2-3-6-17/h8-11,17,19H,2-7,12-15H2,1H3,(H,22,25). The highest BCUT2D eigenvalue weighted by molar-refractivity contribution is 5.89. The Morgan fingerprint density at radius 3 is 2.64 bits per heavy atom. The normalized spacial score (nSPS) is 21.1. The molecule has 1 aliphatic carbocycles. The quantitative estimate of drug-likeness (QED) is 0.772. The molecule has 1 N–H and O–H groups in total. The lowest BCUT2D eigenvalue weighted by Crippen LogP contribution is -2.33. The van der Waals surface area contributed by atoms with Crippen molar-refractivity contribution in [3.63, 3.8) is 0 Å². The molecule has 3 rings (SSSR count). The molecule has 0 spiro atoms. The van der Waals surface area contributed by atoms with E-state index in [4.69, 9.17) is 0 Å². The van der Waals surface area contributed by atoms with Gasteiger partial charge in [0.05, 0.1) is 5.92 Å². The number of amides is 2. The highest BCUT2D eigenvalue weighted by Crippen LogP contribution is 2.28. The lowest BCUT2D eigenvalue weighted by Gasteiger charge is -2.17. The van der Waals surface area contributed by atoms with E-state index in [0.717, 1.165) is 24.4 Å². The first-order valence-corrected chi connectivity index (χ1v) is 9.73. The summed E-state index contributed by atoms with van der Waals surface area (Å²) in [5, 5.41) is 3.04. The van der Waals surface area contributed by atoms with Crippen molar-refractivity contribution >= 4 is 11.8 Å². The highest BCUT2D eigenvalue weighted by atomic mass is 16.2. The zero-order valence-corrected chi connectivity index (χ0v) is 15.3. The van der Waals surface area contributed by atoms with Crippen LogP contribution >= 0.6 is 0 Å². The molecule has 2 aliphatic rings. The molecule has 1 saturated heterocycles. The molecule has 0 aromatic heterocycles. The van der Waals surface area contributed by atoms with Crippen LogP contribution in [0.4, 0.5) is 0 Å². The highest BCUT2D eigenvalue weighted by Gasteiger charge is 2.34. The van der Waals surface area contributed by atoms with Gasteiger partial charge in [0.15, 0.2) is 0 Å². The molecule has 1 aromatic rings. The van der Waals surface area contributed by atoms with E-state index in [1.54, 1.807) is 0 Å². The van der Waals surface area contributed by atoms with E-state index in [2.05, 4.69) is 36.5 Å². The fraction of sp³-hybridized carbons (Fsp3) is 0.619. The van der Waals surface area contributed by atoms with Crippen LogP contribution in [0.1, 0.15) is 56.1 Å². The summed E-state index contributed by atoms with van der Waals surface area (Å²) in [6.45, 7) is 3.95. The van der Waals surface area contributed by atoms with Gasteiger partial charge in [0, 0.05) is 26.1 Å². The maximum Gasteiger partial charge on any atom is 0.225 e. The lowest BCUT2D eigenvalue weighted by atomic mass is 10.0. The summed E-state index contributed by atoms with van der Waals surface area (Å²) in [4.78, 5) is 26.4. The molecule has 4 heteroatoms. The van der Waals surface area contributed by atoms with Gasteiger partial charge in [0.25, 0.3) is 0 Å². The molecule has 2 amide bonds. The SMILES string of the molecule is Cc1ccc(CN2CC(C(=O)NCCCC3CCCC3)CC2=O)cc1. The Morgan fingerprint density at radius 2 is 1.92 bits per heavy atom. The van der Waals surface area contributed by atoms with Crippen LogP contribution in [-0.2, 0) is 16.1 Å². The molecule has 2 fully saturated rings. The van der Waals surface area contributed by atoms with Gasteiger partial charge in [0.2, 0.25) is 11.8 Å². The number of likely N-dealkylation sites (tertiary alicyclic amines) is 1. The minimum Gasteiger partial charge on any atom is -0.356 e. The molecule has 1 aromatic carbocycles. The Bertz CT molecular complexity index is 590.